The molecule has 140 valence electrons. The van der Waals surface area contributed by atoms with Crippen molar-refractivity contribution < 1.29 is 9.15 Å². The Morgan fingerprint density at radius 2 is 1.56 bits per heavy atom. The summed E-state index contributed by atoms with van der Waals surface area (Å²) in [5.74, 6) is 1.09. The maximum absolute atomic E-state index is 6.46. The Morgan fingerprint density at radius 3 is 2.30 bits per heavy atom. The molecule has 0 unspecified atom stereocenters. The van der Waals surface area contributed by atoms with Crippen molar-refractivity contribution in [2.75, 3.05) is 20.7 Å². The van der Waals surface area contributed by atoms with Crippen LogP contribution < -0.4 is 0 Å². The fourth-order valence-electron chi connectivity index (χ4n) is 5.31. The SMILES string of the molecule is CN(C)C1(c2ccccc2)CCC2(CC1)OCCc1c2oc2ccccc12. The second-order valence-electron chi connectivity index (χ2n) is 8.29. The molecule has 2 heterocycles. The normalized spacial score (nSPS) is 28.0. The van der Waals surface area contributed by atoms with Crippen LogP contribution in [0, 0.1) is 0 Å². The summed E-state index contributed by atoms with van der Waals surface area (Å²) in [6.45, 7) is 0.789. The Balaban J connectivity index is 1.53. The highest BCUT2D eigenvalue weighted by atomic mass is 16.5. The molecule has 3 nitrogen and oxygen atoms in total. The largest absolute Gasteiger partial charge is 0.458 e. The summed E-state index contributed by atoms with van der Waals surface area (Å²) in [6.07, 6.45) is 5.08. The number of hydrogen-bond acceptors (Lipinski definition) is 3. The lowest BCUT2D eigenvalue weighted by atomic mass is 9.68. The van der Waals surface area contributed by atoms with Crippen LogP contribution in [0.15, 0.2) is 59.0 Å². The van der Waals surface area contributed by atoms with Gasteiger partial charge in [0.15, 0.2) is 0 Å². The molecule has 1 aliphatic carbocycles. The minimum atomic E-state index is -0.263. The molecule has 3 aromatic rings. The van der Waals surface area contributed by atoms with Gasteiger partial charge in [0, 0.05) is 16.5 Å². The molecule has 0 atom stereocenters. The Kier molecular flexibility index (Phi) is 3.92. The summed E-state index contributed by atoms with van der Waals surface area (Å²) >= 11 is 0. The van der Waals surface area contributed by atoms with Gasteiger partial charge in [-0.2, -0.15) is 0 Å². The van der Waals surface area contributed by atoms with E-state index in [1.165, 1.54) is 16.5 Å². The van der Waals surface area contributed by atoms with E-state index in [1.807, 2.05) is 0 Å². The molecule has 27 heavy (non-hydrogen) atoms. The number of nitrogens with zero attached hydrogens (tertiary/aromatic N) is 1. The zero-order chi connectivity index (χ0) is 18.5. The van der Waals surface area contributed by atoms with E-state index in [0.29, 0.717) is 0 Å². The van der Waals surface area contributed by atoms with Crippen LogP contribution >= 0.6 is 0 Å². The lowest BCUT2D eigenvalue weighted by Gasteiger charge is -2.50. The molecule has 1 aromatic heterocycles. The number of furan rings is 1. The van der Waals surface area contributed by atoms with Gasteiger partial charge < -0.3 is 9.15 Å². The van der Waals surface area contributed by atoms with Crippen molar-refractivity contribution in [3.63, 3.8) is 0 Å². The summed E-state index contributed by atoms with van der Waals surface area (Å²) in [5.41, 5.74) is 3.58. The van der Waals surface area contributed by atoms with Crippen LogP contribution in [0.5, 0.6) is 0 Å². The molecule has 0 N–H and O–H groups in total. The molecule has 0 radical (unpaired) electrons. The third-order valence-corrected chi connectivity index (χ3v) is 6.89. The zero-order valence-electron chi connectivity index (χ0n) is 16.2. The first-order chi connectivity index (χ1) is 13.1. The summed E-state index contributed by atoms with van der Waals surface area (Å²) in [5, 5.41) is 1.27. The standard InChI is InChI=1S/C24H27NO2/c1-25(2)23(18-8-4-3-5-9-18)13-15-24(16-14-23)22-20(12-17-26-24)19-10-6-7-11-21(19)27-22/h3-11H,12-17H2,1-2H3. The first kappa shape index (κ1) is 17.0. The molecule has 0 saturated heterocycles. The van der Waals surface area contributed by atoms with Crippen LogP contribution in [-0.4, -0.2) is 25.6 Å². The van der Waals surface area contributed by atoms with Gasteiger partial charge in [0.2, 0.25) is 0 Å². The van der Waals surface area contributed by atoms with E-state index >= 15 is 0 Å². The molecule has 1 saturated carbocycles. The number of ether oxygens (including phenoxy) is 1. The minimum Gasteiger partial charge on any atom is -0.458 e. The highest BCUT2D eigenvalue weighted by Crippen LogP contribution is 2.53. The van der Waals surface area contributed by atoms with E-state index < -0.39 is 0 Å². The molecule has 5 rings (SSSR count). The van der Waals surface area contributed by atoms with Crippen LogP contribution in [0.3, 0.4) is 0 Å². The molecule has 1 fully saturated rings. The van der Waals surface area contributed by atoms with E-state index in [1.54, 1.807) is 0 Å². The fraction of sp³-hybridized carbons (Fsp3) is 0.417. The maximum atomic E-state index is 6.46. The maximum Gasteiger partial charge on any atom is 0.140 e. The van der Waals surface area contributed by atoms with Gasteiger partial charge in [-0.25, -0.2) is 0 Å². The van der Waals surface area contributed by atoms with Crippen molar-refractivity contribution in [3.8, 4) is 0 Å². The number of benzene rings is 2. The van der Waals surface area contributed by atoms with E-state index in [-0.39, 0.29) is 11.1 Å². The van der Waals surface area contributed by atoms with Gasteiger partial charge in [-0.3, -0.25) is 4.90 Å². The smallest absolute Gasteiger partial charge is 0.140 e. The average Bonchev–Trinajstić information content (AvgIpc) is 3.10. The molecular formula is C24H27NO2. The second kappa shape index (κ2) is 6.22. The monoisotopic (exact) mass is 361 g/mol. The van der Waals surface area contributed by atoms with Gasteiger partial charge in [0.25, 0.3) is 0 Å². The van der Waals surface area contributed by atoms with E-state index in [2.05, 4.69) is 73.6 Å². The third-order valence-electron chi connectivity index (χ3n) is 6.89. The van der Waals surface area contributed by atoms with Crippen molar-refractivity contribution in [1.82, 2.24) is 4.90 Å². The summed E-state index contributed by atoms with van der Waals surface area (Å²) in [6, 6.07) is 19.4. The summed E-state index contributed by atoms with van der Waals surface area (Å²) < 4.78 is 12.8. The Hall–Kier alpha value is -2.10. The minimum absolute atomic E-state index is 0.0689. The highest BCUT2D eigenvalue weighted by molar-refractivity contribution is 5.82. The van der Waals surface area contributed by atoms with E-state index in [9.17, 15) is 0 Å². The van der Waals surface area contributed by atoms with Crippen LogP contribution in [0.2, 0.25) is 0 Å². The van der Waals surface area contributed by atoms with Crippen LogP contribution in [0.25, 0.3) is 11.0 Å². The van der Waals surface area contributed by atoms with Crippen molar-refractivity contribution >= 4 is 11.0 Å². The molecule has 0 bridgehead atoms. The molecule has 1 spiro atoms. The predicted octanol–water partition coefficient (Wildman–Crippen LogP) is 5.23. The number of rotatable bonds is 2. The average molecular weight is 361 g/mol. The first-order valence-electron chi connectivity index (χ1n) is 10.0. The fourth-order valence-corrected chi connectivity index (χ4v) is 5.31. The van der Waals surface area contributed by atoms with Crippen LogP contribution in [0.1, 0.15) is 42.6 Å². The highest BCUT2D eigenvalue weighted by Gasteiger charge is 2.50. The quantitative estimate of drug-likeness (QED) is 0.625. The zero-order valence-corrected chi connectivity index (χ0v) is 16.2. The second-order valence-corrected chi connectivity index (χ2v) is 8.29. The van der Waals surface area contributed by atoms with Gasteiger partial charge in [0.1, 0.15) is 16.9 Å². The lowest BCUT2D eigenvalue weighted by molar-refractivity contribution is -0.122. The Labute approximate surface area is 160 Å². The predicted molar refractivity (Wildman–Crippen MR) is 108 cm³/mol. The molecule has 2 aromatic carbocycles. The summed E-state index contributed by atoms with van der Waals surface area (Å²) in [4.78, 5) is 2.40. The van der Waals surface area contributed by atoms with Gasteiger partial charge in [0.05, 0.1) is 6.61 Å². The van der Waals surface area contributed by atoms with Gasteiger partial charge in [-0.05, 0) is 57.8 Å². The topological polar surface area (TPSA) is 25.6 Å². The molecule has 3 heteroatoms. The van der Waals surface area contributed by atoms with Crippen molar-refractivity contribution in [3.05, 3.63) is 71.5 Å². The van der Waals surface area contributed by atoms with Crippen molar-refractivity contribution in [1.29, 1.82) is 0 Å². The van der Waals surface area contributed by atoms with E-state index in [4.69, 9.17) is 9.15 Å². The van der Waals surface area contributed by atoms with E-state index in [0.717, 1.165) is 50.1 Å². The van der Waals surface area contributed by atoms with Gasteiger partial charge in [-0.15, -0.1) is 0 Å². The number of hydrogen-bond donors (Lipinski definition) is 0. The summed E-state index contributed by atoms with van der Waals surface area (Å²) in [7, 11) is 4.42. The van der Waals surface area contributed by atoms with Gasteiger partial charge in [-0.1, -0.05) is 48.5 Å². The first-order valence-corrected chi connectivity index (χ1v) is 10.0. The molecule has 2 aliphatic rings. The van der Waals surface area contributed by atoms with Crippen molar-refractivity contribution in [2.24, 2.45) is 0 Å². The van der Waals surface area contributed by atoms with Gasteiger partial charge >= 0.3 is 0 Å². The van der Waals surface area contributed by atoms with Crippen LogP contribution in [0.4, 0.5) is 0 Å². The van der Waals surface area contributed by atoms with Crippen molar-refractivity contribution in [2.45, 2.75) is 43.2 Å². The Morgan fingerprint density at radius 1 is 0.852 bits per heavy atom. The molecule has 1 aliphatic heterocycles. The number of fused-ring (bicyclic) bond motifs is 4. The molecular weight excluding hydrogens is 334 g/mol. The molecule has 0 amide bonds. The van der Waals surface area contributed by atoms with Crippen LogP contribution in [-0.2, 0) is 22.3 Å². The Bertz CT molecular complexity index is 949. The lowest BCUT2D eigenvalue weighted by Crippen LogP contribution is -2.49. The third kappa shape index (κ3) is 2.49. The number of para-hydroxylation sites is 1.